The first-order valence-corrected chi connectivity index (χ1v) is 16.5. The lowest BCUT2D eigenvalue weighted by Gasteiger charge is -2.39. The van der Waals surface area contributed by atoms with Gasteiger partial charge in [0.15, 0.2) is 6.23 Å². The van der Waals surface area contributed by atoms with Crippen LogP contribution < -0.4 is 18.9 Å². The molecule has 2 aliphatic heterocycles. The van der Waals surface area contributed by atoms with Crippen LogP contribution in [0.2, 0.25) is 0 Å². The molecular formula is C36H42N2O6S. The Bertz CT molecular complexity index is 1710. The highest BCUT2D eigenvalue weighted by molar-refractivity contribution is 7.92. The van der Waals surface area contributed by atoms with Gasteiger partial charge in [-0.05, 0) is 91.3 Å². The van der Waals surface area contributed by atoms with E-state index in [0.717, 1.165) is 42.6 Å². The number of aliphatic hydroxyl groups is 1. The number of anilines is 1. The molecule has 0 fully saturated rings. The maximum atomic E-state index is 13.3. The quantitative estimate of drug-likeness (QED) is 0.143. The van der Waals surface area contributed by atoms with Gasteiger partial charge in [-0.15, -0.1) is 0 Å². The highest BCUT2D eigenvalue weighted by Crippen LogP contribution is 2.34. The Hall–Kier alpha value is -4.05. The Morgan fingerprint density at radius 2 is 1.80 bits per heavy atom. The van der Waals surface area contributed by atoms with Gasteiger partial charge in [0.25, 0.3) is 10.0 Å². The molecule has 3 atom stereocenters. The predicted molar refractivity (Wildman–Crippen MR) is 176 cm³/mol. The van der Waals surface area contributed by atoms with Crippen molar-refractivity contribution < 1.29 is 27.7 Å². The predicted octanol–water partition coefficient (Wildman–Crippen LogP) is 6.56. The van der Waals surface area contributed by atoms with Crippen LogP contribution in [0.4, 0.5) is 5.69 Å². The molecule has 238 valence electrons. The number of nitrogens with zero attached hydrogens (tertiary/aromatic N) is 1. The lowest BCUT2D eigenvalue weighted by Crippen LogP contribution is -2.51. The van der Waals surface area contributed by atoms with Crippen LogP contribution in [0.25, 0.3) is 0 Å². The Morgan fingerprint density at radius 1 is 0.978 bits per heavy atom. The number of methoxy groups -OCH3 is 1. The molecule has 2 unspecified atom stereocenters. The van der Waals surface area contributed by atoms with E-state index < -0.39 is 22.4 Å². The summed E-state index contributed by atoms with van der Waals surface area (Å²) in [6, 6.07) is 28.5. The number of sulfonamides is 1. The van der Waals surface area contributed by atoms with Gasteiger partial charge in [0.2, 0.25) is 0 Å². The lowest BCUT2D eigenvalue weighted by molar-refractivity contribution is -0.0836. The van der Waals surface area contributed by atoms with Crippen LogP contribution >= 0.6 is 0 Å². The number of aryl methyl sites for hydroxylation is 1. The third kappa shape index (κ3) is 7.44. The van der Waals surface area contributed by atoms with E-state index >= 15 is 0 Å². The van der Waals surface area contributed by atoms with Crippen molar-refractivity contribution >= 4 is 15.7 Å². The smallest absolute Gasteiger partial charge is 0.265 e. The van der Waals surface area contributed by atoms with Crippen LogP contribution in [0.5, 0.6) is 17.2 Å². The number of benzene rings is 4. The molecule has 3 aliphatic rings. The van der Waals surface area contributed by atoms with Crippen LogP contribution in [-0.2, 0) is 36.0 Å². The molecule has 9 heteroatoms. The number of hydrogen-bond acceptors (Lipinski definition) is 7. The first-order chi connectivity index (χ1) is 21.3. The van der Waals surface area contributed by atoms with Gasteiger partial charge >= 0.3 is 0 Å². The van der Waals surface area contributed by atoms with Crippen molar-refractivity contribution in [2.75, 3.05) is 11.8 Å². The highest BCUT2D eigenvalue weighted by atomic mass is 32.2. The minimum Gasteiger partial charge on any atom is -0.497 e. The highest BCUT2D eigenvalue weighted by Gasteiger charge is 2.33. The second-order valence-electron chi connectivity index (χ2n) is 11.5. The van der Waals surface area contributed by atoms with Gasteiger partial charge in [0.1, 0.15) is 34.9 Å². The average Bonchev–Trinajstić information content (AvgIpc) is 3.25. The zero-order chi connectivity index (χ0) is 30.7. The van der Waals surface area contributed by atoms with E-state index in [1.54, 1.807) is 50.4 Å². The van der Waals surface area contributed by atoms with Gasteiger partial charge in [-0.25, -0.2) is 8.42 Å². The molecule has 7 rings (SSSR count). The van der Waals surface area contributed by atoms with Crippen molar-refractivity contribution in [2.24, 2.45) is 0 Å². The van der Waals surface area contributed by atoms with E-state index in [1.807, 2.05) is 30.3 Å². The van der Waals surface area contributed by atoms with Crippen LogP contribution in [0.1, 0.15) is 49.4 Å². The molecule has 0 amide bonds. The van der Waals surface area contributed by atoms with Crippen molar-refractivity contribution in [3.05, 3.63) is 113 Å². The summed E-state index contributed by atoms with van der Waals surface area (Å²) in [6.45, 7) is 2.68. The standard InChI is InChI=1S/C35H38N2O6S.CH4/c1-24(38)35(43-32-13-7-11-29(21-32)36-44(39,40)34-18-26-14-17-33(34)42-23-26)37(22-25-8-4-3-5-9-25)30-12-6-10-27-15-16-31(41-2)20-28(27)19-30;/h3-5,7-9,11,13-18,20-21,24,30,35-36,38H,6,10,12,19,22-23H2,1-2H3;1H4/t24-,30?,35?;/m0./s1. The Morgan fingerprint density at radius 3 is 2.49 bits per heavy atom. The van der Waals surface area contributed by atoms with E-state index in [2.05, 4.69) is 33.9 Å². The molecule has 2 heterocycles. The van der Waals surface area contributed by atoms with Crippen LogP contribution in [0, 0.1) is 0 Å². The average molecular weight is 631 g/mol. The number of rotatable bonds is 11. The largest absolute Gasteiger partial charge is 0.497 e. The molecule has 0 aromatic heterocycles. The summed E-state index contributed by atoms with van der Waals surface area (Å²) in [4.78, 5) is 2.35. The summed E-state index contributed by atoms with van der Waals surface area (Å²) in [7, 11) is -2.21. The molecule has 4 aromatic carbocycles. The molecule has 0 saturated heterocycles. The molecule has 0 spiro atoms. The maximum absolute atomic E-state index is 13.3. The van der Waals surface area contributed by atoms with Crippen molar-refractivity contribution in [3.63, 3.8) is 0 Å². The molecular weight excluding hydrogens is 588 g/mol. The third-order valence-corrected chi connectivity index (χ3v) is 9.71. The summed E-state index contributed by atoms with van der Waals surface area (Å²) >= 11 is 0. The summed E-state index contributed by atoms with van der Waals surface area (Å²) in [5.41, 5.74) is 4.83. The third-order valence-electron chi connectivity index (χ3n) is 8.30. The topological polar surface area (TPSA) is 97.3 Å². The maximum Gasteiger partial charge on any atom is 0.265 e. The summed E-state index contributed by atoms with van der Waals surface area (Å²) < 4.78 is 46.8. The van der Waals surface area contributed by atoms with E-state index in [-0.39, 0.29) is 18.4 Å². The van der Waals surface area contributed by atoms with E-state index in [4.69, 9.17) is 14.2 Å². The van der Waals surface area contributed by atoms with Crippen LogP contribution in [0.3, 0.4) is 0 Å². The normalized spacial score (nSPS) is 16.8. The minimum atomic E-state index is -3.89. The monoisotopic (exact) mass is 630 g/mol. The SMILES string of the molecule is C.COc1ccc2c(c1)CC(N(Cc1ccccc1)C(Oc1cccc(NS(=O)(=O)c3cc4ccc3OC4)c1)[C@H](C)O)CCC2. The molecule has 45 heavy (non-hydrogen) atoms. The fraction of sp³-hybridized carbons (Fsp3) is 0.333. The molecule has 8 nitrogen and oxygen atoms in total. The molecule has 2 bridgehead atoms. The second-order valence-corrected chi connectivity index (χ2v) is 13.1. The Labute approximate surface area is 266 Å². The molecule has 4 aromatic rings. The van der Waals surface area contributed by atoms with Crippen LogP contribution in [0.15, 0.2) is 95.9 Å². The lowest BCUT2D eigenvalue weighted by atomic mass is 9.99. The van der Waals surface area contributed by atoms with Gasteiger partial charge in [0, 0.05) is 18.7 Å². The first-order valence-electron chi connectivity index (χ1n) is 15.0. The van der Waals surface area contributed by atoms with Gasteiger partial charge in [0.05, 0.1) is 12.8 Å². The van der Waals surface area contributed by atoms with Gasteiger partial charge in [-0.2, -0.15) is 0 Å². The molecule has 1 aliphatic carbocycles. The fourth-order valence-electron chi connectivity index (χ4n) is 6.11. The number of hydrogen-bond donors (Lipinski definition) is 2. The fourth-order valence-corrected chi connectivity index (χ4v) is 7.36. The van der Waals surface area contributed by atoms with Gasteiger partial charge in [-0.3, -0.25) is 9.62 Å². The first kappa shape index (κ1) is 32.3. The zero-order valence-corrected chi connectivity index (χ0v) is 25.8. The second kappa shape index (κ2) is 13.9. The molecule has 0 radical (unpaired) electrons. The molecule has 0 saturated carbocycles. The van der Waals surface area contributed by atoms with Gasteiger partial charge < -0.3 is 19.3 Å². The number of aliphatic hydroxyl groups excluding tert-OH is 1. The number of ether oxygens (including phenoxy) is 3. The van der Waals surface area contributed by atoms with Gasteiger partial charge in [-0.1, -0.05) is 56.0 Å². The van der Waals surface area contributed by atoms with Crippen molar-refractivity contribution in [2.45, 2.75) is 76.5 Å². The van der Waals surface area contributed by atoms with Crippen LogP contribution in [-0.4, -0.2) is 43.9 Å². The minimum absolute atomic E-state index is 0. The van der Waals surface area contributed by atoms with E-state index in [0.29, 0.717) is 30.3 Å². The van der Waals surface area contributed by atoms with Crippen molar-refractivity contribution in [1.29, 1.82) is 0 Å². The van der Waals surface area contributed by atoms with Crippen molar-refractivity contribution in [1.82, 2.24) is 4.90 Å². The zero-order valence-electron chi connectivity index (χ0n) is 25.0. The Balaban J connectivity index is 0.00000400. The number of nitrogens with one attached hydrogen (secondary N) is 1. The van der Waals surface area contributed by atoms with Crippen molar-refractivity contribution in [3.8, 4) is 17.2 Å². The summed E-state index contributed by atoms with van der Waals surface area (Å²) in [5, 5.41) is 11.2. The van der Waals surface area contributed by atoms with E-state index in [9.17, 15) is 13.5 Å². The Kier molecular flexibility index (Phi) is 10.0. The molecule has 2 N–H and O–H groups in total. The summed E-state index contributed by atoms with van der Waals surface area (Å²) in [6.07, 6.45) is 2.17. The number of fused-ring (bicyclic) bond motifs is 4. The van der Waals surface area contributed by atoms with E-state index in [1.165, 1.54) is 11.1 Å². The summed E-state index contributed by atoms with van der Waals surface area (Å²) in [5.74, 6) is 1.60.